The Bertz CT molecular complexity index is 625. The molecule has 0 radical (unpaired) electrons. The first kappa shape index (κ1) is 24.6. The molecule has 3 aliphatic rings. The van der Waals surface area contributed by atoms with Crippen molar-refractivity contribution in [2.24, 2.45) is 5.92 Å². The smallest absolute Gasteiger partial charge is 1.00 e. The fourth-order valence-corrected chi connectivity index (χ4v) is 6.23. The average Bonchev–Trinajstić information content (AvgIpc) is 3.11. The second-order valence-corrected chi connectivity index (χ2v) is 9.94. The van der Waals surface area contributed by atoms with Crippen LogP contribution in [0.15, 0.2) is 58.1 Å². The van der Waals surface area contributed by atoms with Crippen molar-refractivity contribution in [2.75, 3.05) is 0 Å². The number of hydrogen-bond acceptors (Lipinski definition) is 1. The molecule has 0 saturated heterocycles. The van der Waals surface area contributed by atoms with Gasteiger partial charge in [-0.25, -0.2) is 0 Å². The summed E-state index contributed by atoms with van der Waals surface area (Å²) >= 11 is 2.05. The van der Waals surface area contributed by atoms with Crippen LogP contribution in [0.3, 0.4) is 0 Å². The third-order valence-electron chi connectivity index (χ3n) is 4.22. The van der Waals surface area contributed by atoms with E-state index in [0.29, 0.717) is 11.2 Å². The first-order valence-corrected chi connectivity index (χ1v) is 11.5. The molecule has 0 amide bonds. The number of allylic oxidation sites excluding steroid dienone is 8. The van der Waals surface area contributed by atoms with Crippen LogP contribution in [0.25, 0.3) is 0 Å². The fourth-order valence-electron chi connectivity index (χ4n) is 3.20. The van der Waals surface area contributed by atoms with Crippen LogP contribution >= 0.6 is 11.8 Å². The summed E-state index contributed by atoms with van der Waals surface area (Å²) in [5.41, 5.74) is 7.29. The van der Waals surface area contributed by atoms with Gasteiger partial charge in [0.1, 0.15) is 0 Å². The van der Waals surface area contributed by atoms with Gasteiger partial charge >= 0.3 is 26.2 Å². The third-order valence-corrected chi connectivity index (χ3v) is 6.72. The molecule has 3 rings (SSSR count). The van der Waals surface area contributed by atoms with Crippen LogP contribution in [-0.4, -0.2) is 19.3 Å². The Morgan fingerprint density at radius 3 is 2.62 bits per heavy atom. The molecule has 2 aliphatic carbocycles. The molecule has 0 nitrogen and oxygen atoms in total. The van der Waals surface area contributed by atoms with Crippen LogP contribution < -0.4 is 24.8 Å². The summed E-state index contributed by atoms with van der Waals surface area (Å²) in [4.78, 5) is 1.48. The normalized spacial score (nSPS) is 23.0. The zero-order chi connectivity index (χ0) is 14.8. The van der Waals surface area contributed by atoms with Crippen LogP contribution in [0.2, 0.25) is 13.1 Å². The van der Waals surface area contributed by atoms with Gasteiger partial charge in [0.15, 0.2) is 0 Å². The minimum Gasteiger partial charge on any atom is -1.00 e. The Balaban J connectivity index is 0.00000176. The van der Waals surface area contributed by atoms with Gasteiger partial charge in [0, 0.05) is 24.5 Å². The van der Waals surface area contributed by atoms with E-state index in [1.165, 1.54) is 35.3 Å². The van der Waals surface area contributed by atoms with Crippen molar-refractivity contribution < 1.29 is 51.0 Å². The molecule has 2 atom stereocenters. The summed E-state index contributed by atoms with van der Waals surface area (Å²) < 4.78 is 0. The van der Waals surface area contributed by atoms with E-state index in [1.807, 2.05) is 0 Å². The third kappa shape index (κ3) is 5.55. The van der Waals surface area contributed by atoms with Gasteiger partial charge in [0.25, 0.3) is 0 Å². The number of halogens is 2. The van der Waals surface area contributed by atoms with Gasteiger partial charge < -0.3 is 24.8 Å². The van der Waals surface area contributed by atoms with Crippen molar-refractivity contribution in [3.8, 4) is 0 Å². The van der Waals surface area contributed by atoms with E-state index >= 15 is 0 Å². The van der Waals surface area contributed by atoms with Crippen molar-refractivity contribution in [1.29, 1.82) is 0 Å². The molecule has 24 heavy (non-hydrogen) atoms. The van der Waals surface area contributed by atoms with Crippen molar-refractivity contribution in [3.05, 3.63) is 58.1 Å². The van der Waals surface area contributed by atoms with E-state index in [9.17, 15) is 0 Å². The molecule has 0 saturated carbocycles. The van der Waals surface area contributed by atoms with E-state index in [1.54, 1.807) is 5.57 Å². The number of rotatable bonds is 5. The maximum Gasteiger partial charge on any atom is 2.00 e. The van der Waals surface area contributed by atoms with Gasteiger partial charge in [-0.05, 0) is 30.1 Å². The van der Waals surface area contributed by atoms with Gasteiger partial charge in [0.2, 0.25) is 0 Å². The molecule has 128 valence electrons. The minimum atomic E-state index is -0.312. The van der Waals surface area contributed by atoms with Crippen LogP contribution in [0.4, 0.5) is 0 Å². The molecule has 5 heteroatoms. The minimum absolute atomic E-state index is 0. The quantitative estimate of drug-likeness (QED) is 0.475. The summed E-state index contributed by atoms with van der Waals surface area (Å²) in [6.45, 7) is 7.05. The Hall–Kier alpha value is 0.600. The van der Waals surface area contributed by atoms with E-state index in [4.69, 9.17) is 0 Å². The fraction of sp³-hybridized carbons (Fsp3) is 0.421. The molecule has 0 fully saturated rings. The Labute approximate surface area is 184 Å². The molecule has 0 spiro atoms. The van der Waals surface area contributed by atoms with E-state index in [0.717, 1.165) is 0 Å². The van der Waals surface area contributed by atoms with Crippen LogP contribution in [0, 0.1) is 5.92 Å². The molecule has 0 aromatic heterocycles. The standard InChI is InChI=1S/C19H24SSi.2ClH.Zr/c1-4-5-7-14-10-11-15(12-14)19-16-8-6-9-17(16)20-18(19)13-21(2)3;;;/h6,8-13,15,18H,4-5,7H2,1-3H3;2*1H;/q;;;+2/p-2. The zero-order valence-electron chi connectivity index (χ0n) is 14.5. The molecule has 1 aliphatic heterocycles. The second kappa shape index (κ2) is 11.3. The average molecular weight is 475 g/mol. The van der Waals surface area contributed by atoms with Crippen LogP contribution in [0.1, 0.15) is 26.2 Å². The first-order valence-electron chi connectivity index (χ1n) is 8.02. The molecule has 0 aromatic carbocycles. The van der Waals surface area contributed by atoms with Crippen LogP contribution in [-0.2, 0) is 26.2 Å². The molecule has 0 bridgehead atoms. The number of thioether (sulfide) groups is 1. The maximum atomic E-state index is 2.61. The van der Waals surface area contributed by atoms with E-state index in [-0.39, 0.29) is 59.4 Å². The summed E-state index contributed by atoms with van der Waals surface area (Å²) in [6.07, 6.45) is 17.9. The van der Waals surface area contributed by atoms with Gasteiger partial charge in [-0.15, -0.1) is 11.8 Å². The molecular formula is C19H24Cl2SSiZr. The van der Waals surface area contributed by atoms with Gasteiger partial charge in [-0.2, -0.15) is 0 Å². The molecule has 1 heterocycles. The van der Waals surface area contributed by atoms with Crippen molar-refractivity contribution in [3.63, 3.8) is 0 Å². The number of hydrogen-bond donors (Lipinski definition) is 0. The van der Waals surface area contributed by atoms with Gasteiger partial charge in [-0.1, -0.05) is 68.1 Å². The molecular weight excluding hydrogens is 450 g/mol. The van der Waals surface area contributed by atoms with Gasteiger partial charge in [0.05, 0.1) is 0 Å². The summed E-state index contributed by atoms with van der Waals surface area (Å²) in [7, 11) is -0.312. The van der Waals surface area contributed by atoms with Crippen LogP contribution in [0.5, 0.6) is 0 Å². The van der Waals surface area contributed by atoms with Crippen molar-refractivity contribution in [2.45, 2.75) is 44.5 Å². The number of unbranched alkanes of at least 4 members (excludes halogenated alkanes) is 1. The SMILES string of the molecule is CCCCC1=CC(C2=C3C=CC=C3SC2C=[Si](C)C)C=C1.[Cl-].[Cl-].[Zr+2]. The van der Waals surface area contributed by atoms with Crippen molar-refractivity contribution >= 4 is 25.8 Å². The Morgan fingerprint density at radius 2 is 1.96 bits per heavy atom. The topological polar surface area (TPSA) is 0 Å². The summed E-state index contributed by atoms with van der Waals surface area (Å²) in [5.74, 6) is 0.524. The van der Waals surface area contributed by atoms with Gasteiger partial charge in [-0.3, -0.25) is 0 Å². The Kier molecular flexibility index (Phi) is 11.6. The first-order chi connectivity index (χ1) is 10.2. The van der Waals surface area contributed by atoms with E-state index in [2.05, 4.69) is 73.9 Å². The Morgan fingerprint density at radius 1 is 1.21 bits per heavy atom. The molecule has 0 aromatic rings. The zero-order valence-corrected chi connectivity index (χ0v) is 20.3. The predicted octanol–water partition coefficient (Wildman–Crippen LogP) is -0.701. The summed E-state index contributed by atoms with van der Waals surface area (Å²) in [5, 5.41) is 0.594. The maximum absolute atomic E-state index is 2.61. The summed E-state index contributed by atoms with van der Waals surface area (Å²) in [6, 6.07) is 0. The second-order valence-electron chi connectivity index (χ2n) is 6.27. The van der Waals surface area contributed by atoms with E-state index < -0.39 is 0 Å². The largest absolute Gasteiger partial charge is 2.00 e. The predicted molar refractivity (Wildman–Crippen MR) is 99.4 cm³/mol. The molecule has 0 N–H and O–H groups in total. The van der Waals surface area contributed by atoms with Crippen molar-refractivity contribution in [1.82, 2.24) is 0 Å². The molecule has 2 unspecified atom stereocenters. The number of fused-ring (bicyclic) bond motifs is 1. The monoisotopic (exact) mass is 472 g/mol.